The number of para-hydroxylation sites is 1. The molecule has 4 N–H and O–H groups in total. The molecule has 1 fully saturated rings. The predicted molar refractivity (Wildman–Crippen MR) is 70.0 cm³/mol. The minimum Gasteiger partial charge on any atom is -0.320 e. The van der Waals surface area contributed by atoms with Crippen molar-refractivity contribution < 1.29 is 19.3 Å². The van der Waals surface area contributed by atoms with E-state index in [1.807, 2.05) is 5.32 Å². The number of nitrogen functional groups attached to an aromatic ring is 1. The topological polar surface area (TPSA) is 148 Å². The molecule has 110 valence electrons. The summed E-state index contributed by atoms with van der Waals surface area (Å²) < 4.78 is 0. The van der Waals surface area contributed by atoms with Gasteiger partial charge in [0.05, 0.1) is 4.92 Å². The Hall–Kier alpha value is -3.01. The van der Waals surface area contributed by atoms with Crippen molar-refractivity contribution in [3.8, 4) is 0 Å². The van der Waals surface area contributed by atoms with E-state index in [0.717, 1.165) is 4.90 Å². The first-order valence-electron chi connectivity index (χ1n) is 5.80. The van der Waals surface area contributed by atoms with Crippen LogP contribution in [0.1, 0.15) is 10.4 Å². The lowest BCUT2D eigenvalue weighted by atomic mass is 10.1. The first kappa shape index (κ1) is 14.4. The van der Waals surface area contributed by atoms with E-state index in [0.29, 0.717) is 0 Å². The normalized spacial score (nSPS) is 14.6. The van der Waals surface area contributed by atoms with E-state index in [4.69, 9.17) is 5.84 Å². The van der Waals surface area contributed by atoms with Gasteiger partial charge >= 0.3 is 5.69 Å². The fraction of sp³-hybridized carbons (Fsp3) is 0.182. The minimum absolute atomic E-state index is 0.0429. The number of carbonyl (C=O) groups is 3. The number of benzene rings is 1. The number of piperazine rings is 1. The van der Waals surface area contributed by atoms with Crippen molar-refractivity contribution in [2.45, 2.75) is 0 Å². The monoisotopic (exact) mass is 293 g/mol. The van der Waals surface area contributed by atoms with Crippen LogP contribution in [0.15, 0.2) is 18.2 Å². The molecule has 2 rings (SSSR count). The Kier molecular flexibility index (Phi) is 3.80. The molecule has 1 heterocycles. The zero-order valence-corrected chi connectivity index (χ0v) is 10.7. The number of carbonyl (C=O) groups excluding carboxylic acids is 3. The van der Waals surface area contributed by atoms with E-state index in [2.05, 4.69) is 5.43 Å². The average Bonchev–Trinajstić information content (AvgIpc) is 2.44. The second-order valence-corrected chi connectivity index (χ2v) is 4.24. The third-order valence-electron chi connectivity index (χ3n) is 2.84. The van der Waals surface area contributed by atoms with Crippen molar-refractivity contribution >= 4 is 29.1 Å². The molecule has 10 heteroatoms. The molecule has 0 radical (unpaired) electrons. The number of nitro groups is 1. The van der Waals surface area contributed by atoms with Gasteiger partial charge in [0.1, 0.15) is 24.3 Å². The fourth-order valence-corrected chi connectivity index (χ4v) is 1.98. The highest BCUT2D eigenvalue weighted by atomic mass is 16.6. The Morgan fingerprint density at radius 2 is 1.95 bits per heavy atom. The van der Waals surface area contributed by atoms with Crippen molar-refractivity contribution in [3.63, 3.8) is 0 Å². The number of nitrogens with one attached hydrogen (secondary N) is 2. The number of nitrogens with two attached hydrogens (primary N) is 1. The van der Waals surface area contributed by atoms with Crippen LogP contribution in [0.3, 0.4) is 0 Å². The van der Waals surface area contributed by atoms with Gasteiger partial charge in [-0.25, -0.2) is 0 Å². The molecule has 0 saturated carbocycles. The zero-order valence-electron chi connectivity index (χ0n) is 10.7. The standard InChI is InChI=1S/C11H11N5O5/c12-14-7-3-1-2-6(10(7)16(20)21)11(19)15-4-8(17)13-9(18)5-15/h1-3,14H,4-5,12H2,(H,13,17,18). The molecule has 1 aromatic rings. The fourth-order valence-electron chi connectivity index (χ4n) is 1.98. The van der Waals surface area contributed by atoms with E-state index in [-0.39, 0.29) is 24.3 Å². The highest BCUT2D eigenvalue weighted by Crippen LogP contribution is 2.28. The van der Waals surface area contributed by atoms with Crippen LogP contribution in [0.5, 0.6) is 0 Å². The molecule has 0 bridgehead atoms. The van der Waals surface area contributed by atoms with E-state index >= 15 is 0 Å². The minimum atomic E-state index is -0.790. The van der Waals surface area contributed by atoms with Gasteiger partial charge in [0, 0.05) is 0 Å². The third kappa shape index (κ3) is 2.79. The second kappa shape index (κ2) is 5.54. The summed E-state index contributed by atoms with van der Waals surface area (Å²) in [6, 6.07) is 3.97. The zero-order chi connectivity index (χ0) is 15.6. The van der Waals surface area contributed by atoms with Crippen LogP contribution in [-0.4, -0.2) is 40.6 Å². The summed E-state index contributed by atoms with van der Waals surface area (Å²) >= 11 is 0. The lowest BCUT2D eigenvalue weighted by Gasteiger charge is -2.25. The molecule has 3 amide bonds. The largest absolute Gasteiger partial charge is 0.320 e. The van der Waals surface area contributed by atoms with Gasteiger partial charge in [0.2, 0.25) is 11.8 Å². The molecule has 0 unspecified atom stereocenters. The third-order valence-corrected chi connectivity index (χ3v) is 2.84. The number of anilines is 1. The number of hydrogen-bond donors (Lipinski definition) is 3. The van der Waals surface area contributed by atoms with Gasteiger partial charge in [-0.1, -0.05) is 6.07 Å². The van der Waals surface area contributed by atoms with Crippen LogP contribution in [0.25, 0.3) is 0 Å². The summed E-state index contributed by atoms with van der Waals surface area (Å²) in [5, 5.41) is 13.1. The Balaban J connectivity index is 2.41. The molecule has 21 heavy (non-hydrogen) atoms. The molecule has 0 aliphatic carbocycles. The van der Waals surface area contributed by atoms with Crippen molar-refractivity contribution in [1.29, 1.82) is 0 Å². The Morgan fingerprint density at radius 1 is 1.33 bits per heavy atom. The molecule has 1 saturated heterocycles. The summed E-state index contributed by atoms with van der Waals surface area (Å²) in [5.74, 6) is 3.11. The van der Waals surface area contributed by atoms with Gasteiger partial charge in [0.25, 0.3) is 5.91 Å². The number of hydrazine groups is 1. The molecule has 0 spiro atoms. The number of rotatable bonds is 3. The molecule has 1 aliphatic rings. The number of imide groups is 1. The molecule has 1 aliphatic heterocycles. The van der Waals surface area contributed by atoms with Gasteiger partial charge in [-0.05, 0) is 12.1 Å². The van der Waals surface area contributed by atoms with Crippen molar-refractivity contribution in [2.24, 2.45) is 5.84 Å². The maximum Gasteiger partial charge on any atom is 0.306 e. The average molecular weight is 293 g/mol. The van der Waals surface area contributed by atoms with Crippen LogP contribution in [-0.2, 0) is 9.59 Å². The maximum atomic E-state index is 12.3. The lowest BCUT2D eigenvalue weighted by molar-refractivity contribution is -0.384. The number of nitro benzene ring substituents is 1. The van der Waals surface area contributed by atoms with Gasteiger partial charge in [-0.15, -0.1) is 0 Å². The van der Waals surface area contributed by atoms with Crippen LogP contribution in [0, 0.1) is 10.1 Å². The van der Waals surface area contributed by atoms with Gasteiger partial charge in [-0.2, -0.15) is 0 Å². The van der Waals surface area contributed by atoms with Crippen LogP contribution < -0.4 is 16.6 Å². The van der Waals surface area contributed by atoms with Gasteiger partial charge < -0.3 is 10.3 Å². The summed E-state index contributed by atoms with van der Waals surface area (Å²) in [5.41, 5.74) is 1.33. The number of hydrogen-bond acceptors (Lipinski definition) is 7. The molecule has 0 atom stereocenters. The number of nitrogens with zero attached hydrogens (tertiary/aromatic N) is 2. The first-order valence-corrected chi connectivity index (χ1v) is 5.80. The van der Waals surface area contributed by atoms with Crippen LogP contribution in [0.4, 0.5) is 11.4 Å². The van der Waals surface area contributed by atoms with Crippen molar-refractivity contribution in [1.82, 2.24) is 10.2 Å². The Morgan fingerprint density at radius 3 is 2.48 bits per heavy atom. The summed E-state index contributed by atoms with van der Waals surface area (Å²) in [7, 11) is 0. The molecule has 0 aromatic heterocycles. The molecular weight excluding hydrogens is 282 g/mol. The SMILES string of the molecule is NNc1cccc(C(=O)N2CC(=O)NC(=O)C2)c1[N+](=O)[O-]. The maximum absolute atomic E-state index is 12.3. The van der Waals surface area contributed by atoms with E-state index in [9.17, 15) is 24.5 Å². The Labute approximate surface area is 118 Å². The van der Waals surface area contributed by atoms with E-state index < -0.39 is 28.3 Å². The molecule has 1 aromatic carbocycles. The first-order chi connectivity index (χ1) is 9.93. The van der Waals surface area contributed by atoms with Gasteiger partial charge in [-0.3, -0.25) is 35.7 Å². The summed E-state index contributed by atoms with van der Waals surface area (Å²) in [4.78, 5) is 46.1. The summed E-state index contributed by atoms with van der Waals surface area (Å²) in [6.07, 6.45) is 0. The quantitative estimate of drug-likeness (QED) is 0.279. The van der Waals surface area contributed by atoms with Crippen molar-refractivity contribution in [2.75, 3.05) is 18.5 Å². The molecule has 10 nitrogen and oxygen atoms in total. The highest BCUT2D eigenvalue weighted by molar-refractivity contribution is 6.07. The molecular formula is C11H11N5O5. The smallest absolute Gasteiger partial charge is 0.306 e. The number of amides is 3. The summed E-state index contributed by atoms with van der Waals surface area (Å²) in [6.45, 7) is -0.690. The predicted octanol–water partition coefficient (Wildman–Crippen LogP) is -1.02. The second-order valence-electron chi connectivity index (χ2n) is 4.24. The van der Waals surface area contributed by atoms with Gasteiger partial charge in [0.15, 0.2) is 0 Å². The Bertz CT molecular complexity index is 628. The lowest BCUT2D eigenvalue weighted by Crippen LogP contribution is -2.53. The van der Waals surface area contributed by atoms with E-state index in [1.54, 1.807) is 0 Å². The van der Waals surface area contributed by atoms with Crippen LogP contribution in [0.2, 0.25) is 0 Å². The van der Waals surface area contributed by atoms with Crippen molar-refractivity contribution in [3.05, 3.63) is 33.9 Å². The highest BCUT2D eigenvalue weighted by Gasteiger charge is 2.32. The van der Waals surface area contributed by atoms with E-state index in [1.165, 1.54) is 18.2 Å². The van der Waals surface area contributed by atoms with Crippen LogP contribution >= 0.6 is 0 Å².